The molecular weight excluding hydrogens is 642 g/mol. The number of phosphoric ester groups is 2. The third-order valence-corrected chi connectivity index (χ3v) is 7.14. The van der Waals surface area contributed by atoms with E-state index < -0.39 is 33.1 Å². The fourth-order valence-electron chi connectivity index (χ4n) is 4.29. The summed E-state index contributed by atoms with van der Waals surface area (Å²) in [4.78, 5) is 60.6. The van der Waals surface area contributed by atoms with Crippen LogP contribution in [-0.2, 0) is 9.13 Å². The third-order valence-electron chi connectivity index (χ3n) is 6.29. The minimum atomic E-state index is -5.72. The van der Waals surface area contributed by atoms with Gasteiger partial charge in [-0.05, 0) is 65.5 Å². The van der Waals surface area contributed by atoms with Gasteiger partial charge in [0.05, 0.1) is 16.9 Å². The molecule has 1 aliphatic rings. The minimum Gasteiger partial charge on any atom is -0.780 e. The number of phenolic OH excluding ortho intramolecular Hbond substituents is 1. The average Bonchev–Trinajstić information content (AvgIpc) is 2.96. The van der Waals surface area contributed by atoms with E-state index in [0.29, 0.717) is 12.5 Å². The molecule has 1 aliphatic heterocycles. The lowest BCUT2D eigenvalue weighted by Gasteiger charge is -2.33. The molecule has 0 atom stereocenters. The van der Waals surface area contributed by atoms with Crippen LogP contribution in [0.4, 0.5) is 17.1 Å². The van der Waals surface area contributed by atoms with Crippen molar-refractivity contribution in [1.29, 1.82) is 0 Å². The van der Waals surface area contributed by atoms with E-state index in [-0.39, 0.29) is 59.5 Å². The number of carbonyl (C=O) groups is 1. The Bertz CT molecular complexity index is 1530. The molecule has 2 aromatic carbocycles. The Hall–Kier alpha value is -3.53. The van der Waals surface area contributed by atoms with Crippen LogP contribution < -0.4 is 63.4 Å². The second kappa shape index (κ2) is 18.6. The van der Waals surface area contributed by atoms with Crippen LogP contribution in [0.5, 0.6) is 17.2 Å². The lowest BCUT2D eigenvalue weighted by atomic mass is 10.1. The van der Waals surface area contributed by atoms with Crippen molar-refractivity contribution in [2.75, 3.05) is 16.8 Å². The predicted molar refractivity (Wildman–Crippen MR) is 175 cm³/mol. The van der Waals surface area contributed by atoms with E-state index in [2.05, 4.69) is 47.3 Å². The second-order valence-electron chi connectivity index (χ2n) is 10.1. The first-order chi connectivity index (χ1) is 19.5. The molecule has 0 fully saturated rings. The maximum atomic E-state index is 13.7. The van der Waals surface area contributed by atoms with Gasteiger partial charge in [0.15, 0.2) is 5.75 Å². The molecule has 1 heterocycles. The maximum Gasteiger partial charge on any atom is 0.260 e. The summed E-state index contributed by atoms with van der Waals surface area (Å²) >= 11 is 0. The van der Waals surface area contributed by atoms with Crippen molar-refractivity contribution in [1.82, 2.24) is 24.6 Å². The molecule has 0 aromatic heterocycles. The fourth-order valence-corrected chi connectivity index (χ4v) is 5.03. The van der Waals surface area contributed by atoms with Crippen molar-refractivity contribution in [3.63, 3.8) is 0 Å². The molecule has 0 unspecified atom stereocenters. The van der Waals surface area contributed by atoms with E-state index in [1.807, 2.05) is 6.92 Å². The summed E-state index contributed by atoms with van der Waals surface area (Å²) in [6.07, 6.45) is 9.42. The van der Waals surface area contributed by atoms with E-state index in [9.17, 15) is 38.6 Å². The fraction of sp³-hybridized carbons (Fsp3) is 0.321. The highest BCUT2D eigenvalue weighted by molar-refractivity contribution is 7.44. The van der Waals surface area contributed by atoms with Crippen molar-refractivity contribution < 1.29 is 47.7 Å². The molecule has 1 amide bonds. The second-order valence-corrected chi connectivity index (χ2v) is 12.2. The molecule has 2 aromatic rings. The van der Waals surface area contributed by atoms with Crippen LogP contribution >= 0.6 is 15.6 Å². The Morgan fingerprint density at radius 1 is 0.848 bits per heavy atom. The zero-order valence-corrected chi connectivity index (χ0v) is 29.4. The van der Waals surface area contributed by atoms with Crippen molar-refractivity contribution >= 4 is 38.6 Å². The normalized spacial score (nSPS) is 12.8. The molecule has 0 saturated heterocycles. The number of fused-ring (bicyclic) bond motifs is 2. The lowest BCUT2D eigenvalue weighted by Crippen LogP contribution is -2.31. The minimum absolute atomic E-state index is 0. The predicted octanol–water partition coefficient (Wildman–Crippen LogP) is 5.43. The van der Waals surface area contributed by atoms with Crippen LogP contribution in [-0.4, -0.2) is 17.6 Å². The van der Waals surface area contributed by atoms with Crippen LogP contribution in [0.15, 0.2) is 65.3 Å². The van der Waals surface area contributed by atoms with Gasteiger partial charge in [0, 0.05) is 18.7 Å². The van der Waals surface area contributed by atoms with Gasteiger partial charge in [-0.3, -0.25) is 4.79 Å². The van der Waals surface area contributed by atoms with Gasteiger partial charge in [-0.25, -0.2) is 0 Å². The van der Waals surface area contributed by atoms with Gasteiger partial charge in [0.2, 0.25) is 0 Å². The van der Waals surface area contributed by atoms with Crippen molar-refractivity contribution in [3.8, 4) is 17.2 Å². The van der Waals surface area contributed by atoms with Gasteiger partial charge in [0.1, 0.15) is 32.8 Å². The number of hydrogen-bond acceptors (Lipinski definition) is 11. The highest BCUT2D eigenvalue weighted by atomic mass is 31.2. The largest absolute Gasteiger partial charge is 0.780 e. The number of rotatable bonds is 12. The highest BCUT2D eigenvalue weighted by Crippen LogP contribution is 2.50. The third kappa shape index (κ3) is 13.1. The first-order valence-corrected chi connectivity index (χ1v) is 15.9. The summed E-state index contributed by atoms with van der Waals surface area (Å²) in [5.74, 6) is -2.45. The number of carbonyl (C=O) groups excluding carboxylic acids is 1. The number of aromatic hydroxyl groups is 1. The van der Waals surface area contributed by atoms with E-state index in [1.165, 1.54) is 29.3 Å². The molecule has 0 saturated carbocycles. The number of quaternary nitrogens is 4. The molecule has 46 heavy (non-hydrogen) atoms. The Morgan fingerprint density at radius 2 is 1.41 bits per heavy atom. The molecular formula is C28H48N6O10P2. The number of para-hydroxylation sites is 1. The Balaban J connectivity index is 0. The zero-order valence-electron chi connectivity index (χ0n) is 27.6. The summed E-state index contributed by atoms with van der Waals surface area (Å²) in [7, 11) is -11.4. The molecule has 0 radical (unpaired) electrons. The number of benzene rings is 2. The van der Waals surface area contributed by atoms with Gasteiger partial charge in [-0.1, -0.05) is 41.0 Å². The SMILES string of the molecule is CC(C)=CCCC(C)=CCCC(C)=CCN1C(=O)c2cccc(O)c2Nc2c(OP(=O)([O-])[O-])cc(OP(=O)([O-])[O-])cc21.[NH4+].[NH4+].[NH4+].[NH4+]. The molecule has 0 bridgehead atoms. The number of nitrogens with one attached hydrogen (secondary N) is 1. The van der Waals surface area contributed by atoms with Gasteiger partial charge in [-0.15, -0.1) is 0 Å². The van der Waals surface area contributed by atoms with Gasteiger partial charge in [0.25, 0.3) is 5.91 Å². The Labute approximate surface area is 269 Å². The number of hydrogen-bond donors (Lipinski definition) is 6. The van der Waals surface area contributed by atoms with Crippen molar-refractivity contribution in [3.05, 3.63) is 70.8 Å². The van der Waals surface area contributed by atoms with E-state index in [4.69, 9.17) is 0 Å². The number of nitrogens with zero attached hydrogens (tertiary/aromatic N) is 1. The average molecular weight is 691 g/mol. The van der Waals surface area contributed by atoms with Gasteiger partial charge in [-0.2, -0.15) is 0 Å². The van der Waals surface area contributed by atoms with Crippen molar-refractivity contribution in [2.24, 2.45) is 0 Å². The zero-order chi connectivity index (χ0) is 31.2. The molecule has 0 aliphatic carbocycles. The van der Waals surface area contributed by atoms with E-state index in [0.717, 1.165) is 35.8 Å². The number of amides is 1. The summed E-state index contributed by atoms with van der Waals surface area (Å²) in [5, 5.41) is 13.2. The molecule has 0 spiro atoms. The monoisotopic (exact) mass is 690 g/mol. The number of anilines is 3. The van der Waals surface area contributed by atoms with Crippen LogP contribution in [0.2, 0.25) is 0 Å². The molecule has 18 heteroatoms. The van der Waals surface area contributed by atoms with Crippen LogP contribution in [0, 0.1) is 0 Å². The first kappa shape index (κ1) is 44.6. The number of allylic oxidation sites excluding steroid dienone is 5. The molecule has 16 nitrogen and oxygen atoms in total. The highest BCUT2D eigenvalue weighted by Gasteiger charge is 2.31. The summed E-state index contributed by atoms with van der Waals surface area (Å²) < 4.78 is 31.8. The van der Waals surface area contributed by atoms with Gasteiger partial charge >= 0.3 is 0 Å². The quantitative estimate of drug-likeness (QED) is 0.0925. The smallest absolute Gasteiger partial charge is 0.260 e. The van der Waals surface area contributed by atoms with Crippen LogP contribution in [0.3, 0.4) is 0 Å². The Morgan fingerprint density at radius 3 is 1.98 bits per heavy atom. The first-order valence-electron chi connectivity index (χ1n) is 13.0. The van der Waals surface area contributed by atoms with E-state index in [1.54, 1.807) is 6.08 Å². The van der Waals surface area contributed by atoms with E-state index >= 15 is 0 Å². The molecule has 260 valence electrons. The molecule has 18 N–H and O–H groups in total. The van der Waals surface area contributed by atoms with Crippen LogP contribution in [0.25, 0.3) is 0 Å². The standard InChI is InChI=1S/C28H36N2O10P2.4H3N/c1-18(2)8-5-9-19(3)10-6-11-20(4)14-15-30-23-16-21(39-41(33,34)35)17-25(40-42(36,37)38)27(23)29-26-22(28(30)32)12-7-13-24(26)31;;;;/h7-8,10,12-14,16-17,29,31H,5-6,9,11,15H2,1-4H3,(H2,33,34,35)(H2,36,37,38);4*1H3. The molecule has 3 rings (SSSR count). The summed E-state index contributed by atoms with van der Waals surface area (Å²) in [5.41, 5.74) is 2.90. The van der Waals surface area contributed by atoms with Crippen LogP contribution in [0.1, 0.15) is 63.7 Å². The summed E-state index contributed by atoms with van der Waals surface area (Å²) in [6.45, 7) is 7.96. The number of phosphoric acid groups is 2. The van der Waals surface area contributed by atoms with Crippen molar-refractivity contribution in [2.45, 2.75) is 53.4 Å². The topological polar surface area (TPSA) is 343 Å². The number of phenols is 1. The maximum absolute atomic E-state index is 13.7. The summed E-state index contributed by atoms with van der Waals surface area (Å²) in [6, 6.07) is 5.84. The Kier molecular flexibility index (Phi) is 18.0. The lowest BCUT2D eigenvalue weighted by molar-refractivity contribution is -0.335. The van der Waals surface area contributed by atoms with Gasteiger partial charge < -0.3 is 77.7 Å².